The van der Waals surface area contributed by atoms with Crippen molar-refractivity contribution in [2.45, 2.75) is 37.7 Å². The van der Waals surface area contributed by atoms with Crippen molar-refractivity contribution >= 4 is 15.9 Å². The van der Waals surface area contributed by atoms with Crippen molar-refractivity contribution in [1.82, 2.24) is 0 Å². The molecule has 2 heteroatoms. The van der Waals surface area contributed by atoms with Crippen molar-refractivity contribution in [1.29, 1.82) is 0 Å². The standard InChI is InChI=1S/C14H19BrO/c15-10-11-16-14-8-6-13(7-9-14)12-4-2-1-3-5-12/h1-5,13-14H,6-11H2/t13-,14-. The number of rotatable bonds is 4. The largest absolute Gasteiger partial charge is 0.377 e. The average Bonchev–Trinajstić information content (AvgIpc) is 2.38. The van der Waals surface area contributed by atoms with Crippen LogP contribution in [0.2, 0.25) is 0 Å². The molecule has 1 fully saturated rings. The lowest BCUT2D eigenvalue weighted by atomic mass is 9.83. The van der Waals surface area contributed by atoms with E-state index in [0.29, 0.717) is 6.10 Å². The van der Waals surface area contributed by atoms with E-state index >= 15 is 0 Å². The lowest BCUT2D eigenvalue weighted by molar-refractivity contribution is 0.0348. The topological polar surface area (TPSA) is 9.23 Å². The number of halogens is 1. The number of alkyl halides is 1. The van der Waals surface area contributed by atoms with Gasteiger partial charge in [-0.1, -0.05) is 46.3 Å². The zero-order valence-corrected chi connectivity index (χ0v) is 11.2. The van der Waals surface area contributed by atoms with Crippen molar-refractivity contribution in [2.24, 2.45) is 0 Å². The molecule has 0 atom stereocenters. The number of hydrogen-bond donors (Lipinski definition) is 0. The van der Waals surface area contributed by atoms with Crippen molar-refractivity contribution in [2.75, 3.05) is 11.9 Å². The molecule has 16 heavy (non-hydrogen) atoms. The van der Waals surface area contributed by atoms with Crippen molar-refractivity contribution in [3.05, 3.63) is 35.9 Å². The van der Waals surface area contributed by atoms with Gasteiger partial charge in [0.2, 0.25) is 0 Å². The Morgan fingerprint density at radius 2 is 1.75 bits per heavy atom. The number of ether oxygens (including phenoxy) is 1. The van der Waals surface area contributed by atoms with Crippen LogP contribution in [-0.2, 0) is 4.74 Å². The van der Waals surface area contributed by atoms with Gasteiger partial charge in [0.15, 0.2) is 0 Å². The van der Waals surface area contributed by atoms with Gasteiger partial charge in [-0.05, 0) is 37.2 Å². The quantitative estimate of drug-likeness (QED) is 0.755. The molecular weight excluding hydrogens is 264 g/mol. The monoisotopic (exact) mass is 282 g/mol. The Bertz CT molecular complexity index is 291. The second kappa shape index (κ2) is 6.41. The van der Waals surface area contributed by atoms with Gasteiger partial charge in [-0.25, -0.2) is 0 Å². The lowest BCUT2D eigenvalue weighted by Crippen LogP contribution is -2.21. The highest BCUT2D eigenvalue weighted by Gasteiger charge is 2.22. The van der Waals surface area contributed by atoms with Gasteiger partial charge in [0, 0.05) is 5.33 Å². The van der Waals surface area contributed by atoms with E-state index in [1.807, 2.05) is 0 Å². The van der Waals surface area contributed by atoms with E-state index in [0.717, 1.165) is 17.9 Å². The van der Waals surface area contributed by atoms with Crippen LogP contribution in [0.1, 0.15) is 37.2 Å². The third-order valence-corrected chi connectivity index (χ3v) is 3.70. The van der Waals surface area contributed by atoms with Gasteiger partial charge in [-0.15, -0.1) is 0 Å². The van der Waals surface area contributed by atoms with E-state index in [9.17, 15) is 0 Å². The van der Waals surface area contributed by atoms with E-state index in [-0.39, 0.29) is 0 Å². The Hall–Kier alpha value is -0.340. The van der Waals surface area contributed by atoms with E-state index in [2.05, 4.69) is 46.3 Å². The first kappa shape index (κ1) is 12.1. The minimum Gasteiger partial charge on any atom is -0.377 e. The average molecular weight is 283 g/mol. The molecule has 0 bridgehead atoms. The fourth-order valence-electron chi connectivity index (χ4n) is 2.50. The molecule has 1 aromatic rings. The molecule has 0 amide bonds. The summed E-state index contributed by atoms with van der Waals surface area (Å²) in [5, 5.41) is 0.950. The minimum absolute atomic E-state index is 0.498. The molecule has 0 heterocycles. The molecule has 0 saturated heterocycles. The number of hydrogen-bond acceptors (Lipinski definition) is 1. The number of benzene rings is 1. The SMILES string of the molecule is BrCCO[C@H]1CC[C@H](c2ccccc2)CC1. The molecule has 0 unspecified atom stereocenters. The smallest absolute Gasteiger partial charge is 0.0576 e. The molecule has 2 rings (SSSR count). The lowest BCUT2D eigenvalue weighted by Gasteiger charge is -2.28. The van der Waals surface area contributed by atoms with E-state index in [1.165, 1.54) is 31.2 Å². The van der Waals surface area contributed by atoms with Crippen molar-refractivity contribution in [3.8, 4) is 0 Å². The highest BCUT2D eigenvalue weighted by atomic mass is 79.9. The fourth-order valence-corrected chi connectivity index (χ4v) is 2.69. The Kier molecular flexibility index (Phi) is 4.86. The molecule has 0 spiro atoms. The maximum absolute atomic E-state index is 5.77. The van der Waals surface area contributed by atoms with Crippen LogP contribution in [0.4, 0.5) is 0 Å². The molecule has 0 aromatic heterocycles. The molecule has 1 nitrogen and oxygen atoms in total. The van der Waals surface area contributed by atoms with Gasteiger partial charge in [0.25, 0.3) is 0 Å². The summed E-state index contributed by atoms with van der Waals surface area (Å²) in [6, 6.07) is 10.9. The van der Waals surface area contributed by atoms with Crippen LogP contribution in [0, 0.1) is 0 Å². The first-order chi connectivity index (χ1) is 7.90. The Morgan fingerprint density at radius 3 is 2.38 bits per heavy atom. The van der Waals surface area contributed by atoms with Crippen LogP contribution in [0.5, 0.6) is 0 Å². The normalized spacial score (nSPS) is 25.6. The summed E-state index contributed by atoms with van der Waals surface area (Å²) in [4.78, 5) is 0. The first-order valence-corrected chi connectivity index (χ1v) is 7.25. The van der Waals surface area contributed by atoms with E-state index in [1.54, 1.807) is 0 Å². The predicted octanol–water partition coefficient (Wildman–Crippen LogP) is 4.12. The maximum Gasteiger partial charge on any atom is 0.0576 e. The third kappa shape index (κ3) is 3.33. The molecule has 1 saturated carbocycles. The minimum atomic E-state index is 0.498. The van der Waals surface area contributed by atoms with Gasteiger partial charge >= 0.3 is 0 Å². The molecule has 0 N–H and O–H groups in total. The Morgan fingerprint density at radius 1 is 1.06 bits per heavy atom. The van der Waals surface area contributed by atoms with Gasteiger partial charge in [0.1, 0.15) is 0 Å². The molecule has 1 aliphatic rings. The molecule has 1 aromatic carbocycles. The maximum atomic E-state index is 5.77. The van der Waals surface area contributed by atoms with Gasteiger partial charge in [-0.3, -0.25) is 0 Å². The zero-order valence-electron chi connectivity index (χ0n) is 9.57. The molecule has 0 radical (unpaired) electrons. The van der Waals surface area contributed by atoms with Crippen LogP contribution < -0.4 is 0 Å². The highest BCUT2D eigenvalue weighted by molar-refractivity contribution is 9.09. The molecule has 1 aliphatic carbocycles. The highest BCUT2D eigenvalue weighted by Crippen LogP contribution is 2.33. The summed E-state index contributed by atoms with van der Waals surface area (Å²) in [6.07, 6.45) is 5.48. The van der Waals surface area contributed by atoms with Crippen LogP contribution in [0.15, 0.2) is 30.3 Å². The van der Waals surface area contributed by atoms with Crippen molar-refractivity contribution < 1.29 is 4.74 Å². The van der Waals surface area contributed by atoms with Crippen LogP contribution in [-0.4, -0.2) is 18.0 Å². The summed E-state index contributed by atoms with van der Waals surface area (Å²) in [7, 11) is 0. The van der Waals surface area contributed by atoms with Gasteiger partial charge in [0.05, 0.1) is 12.7 Å². The summed E-state index contributed by atoms with van der Waals surface area (Å²) in [6.45, 7) is 0.848. The van der Waals surface area contributed by atoms with Gasteiger partial charge < -0.3 is 4.74 Å². The Labute approximate surface area is 106 Å². The second-order valence-electron chi connectivity index (χ2n) is 4.44. The van der Waals surface area contributed by atoms with Crippen LogP contribution in [0.25, 0.3) is 0 Å². The van der Waals surface area contributed by atoms with Crippen LogP contribution >= 0.6 is 15.9 Å². The predicted molar refractivity (Wildman–Crippen MR) is 71.2 cm³/mol. The summed E-state index contributed by atoms with van der Waals surface area (Å²) in [5.74, 6) is 0.755. The summed E-state index contributed by atoms with van der Waals surface area (Å²) < 4.78 is 5.77. The Balaban J connectivity index is 1.81. The summed E-state index contributed by atoms with van der Waals surface area (Å²) >= 11 is 3.40. The third-order valence-electron chi connectivity index (χ3n) is 3.38. The molecular formula is C14H19BrO. The van der Waals surface area contributed by atoms with E-state index in [4.69, 9.17) is 4.74 Å². The van der Waals surface area contributed by atoms with Gasteiger partial charge in [-0.2, -0.15) is 0 Å². The fraction of sp³-hybridized carbons (Fsp3) is 0.571. The van der Waals surface area contributed by atoms with E-state index < -0.39 is 0 Å². The van der Waals surface area contributed by atoms with Crippen LogP contribution in [0.3, 0.4) is 0 Å². The molecule has 88 valence electrons. The summed E-state index contributed by atoms with van der Waals surface area (Å²) in [5.41, 5.74) is 1.50. The first-order valence-electron chi connectivity index (χ1n) is 6.12. The molecule has 0 aliphatic heterocycles. The second-order valence-corrected chi connectivity index (χ2v) is 5.24. The zero-order chi connectivity index (χ0) is 11.2. The van der Waals surface area contributed by atoms with Crippen molar-refractivity contribution in [3.63, 3.8) is 0 Å².